The molecule has 3 aromatic carbocycles. The molecule has 0 radical (unpaired) electrons. The van der Waals surface area contributed by atoms with Gasteiger partial charge >= 0.3 is 0 Å². The molecule has 3 heterocycles. The van der Waals surface area contributed by atoms with Gasteiger partial charge < -0.3 is 10.1 Å². The van der Waals surface area contributed by atoms with E-state index in [4.69, 9.17) is 16.3 Å². The molecule has 12 heteroatoms. The lowest BCUT2D eigenvalue weighted by Gasteiger charge is -2.35. The number of rotatable bonds is 8. The molecule has 47 heavy (non-hydrogen) atoms. The summed E-state index contributed by atoms with van der Waals surface area (Å²) >= 11 is 6.81. The zero-order valence-corrected chi connectivity index (χ0v) is 28.5. The second-order valence-electron chi connectivity index (χ2n) is 12.5. The van der Waals surface area contributed by atoms with Crippen LogP contribution in [-0.4, -0.2) is 51.3 Å². The fourth-order valence-electron chi connectivity index (χ4n) is 6.30. The molecule has 0 spiro atoms. The van der Waals surface area contributed by atoms with Gasteiger partial charge in [0.25, 0.3) is 0 Å². The summed E-state index contributed by atoms with van der Waals surface area (Å²) in [6.07, 6.45) is 3.55. The molecule has 2 atom stereocenters. The fourth-order valence-corrected chi connectivity index (χ4v) is 8.04. The van der Waals surface area contributed by atoms with Gasteiger partial charge in [0.05, 0.1) is 29.4 Å². The largest absolute Gasteiger partial charge is 0.488 e. The molecule has 0 unspecified atom stereocenters. The number of halogens is 1. The number of ether oxygens (including phenoxy) is 1. The average Bonchev–Trinajstić information content (AvgIpc) is 3.39. The van der Waals surface area contributed by atoms with Crippen LogP contribution in [-0.2, 0) is 28.4 Å². The predicted octanol–water partition coefficient (Wildman–Crippen LogP) is 6.48. The first kappa shape index (κ1) is 32.6. The predicted molar refractivity (Wildman–Crippen MR) is 182 cm³/mol. The molecule has 1 aliphatic heterocycles. The molecule has 1 aliphatic rings. The number of nitrogens with zero attached hydrogens (tertiary/aromatic N) is 5. The van der Waals surface area contributed by atoms with Gasteiger partial charge in [-0.05, 0) is 72.0 Å². The monoisotopic (exact) mass is 672 g/mol. The highest BCUT2D eigenvalue weighted by atomic mass is 35.5. The van der Waals surface area contributed by atoms with Crippen molar-refractivity contribution in [2.45, 2.75) is 57.6 Å². The number of fused-ring (bicyclic) bond motifs is 2. The second-order valence-corrected chi connectivity index (χ2v) is 14.8. The van der Waals surface area contributed by atoms with E-state index in [1.165, 1.54) is 4.31 Å². The summed E-state index contributed by atoms with van der Waals surface area (Å²) in [4.78, 5) is 18.4. The first-order valence-corrected chi connectivity index (χ1v) is 17.3. The standard InChI is InChI=1S/C35H37ClN6O4S/c1-6-26-21-42(47(44,45)31-12-8-7-11-30(31)46-26)20-24-18-23(13-15-28(24)36)32(27-14-16-29-33(22(27)2)39-40-41(29)5)35(3,4)34(43)38-25-10-9-17-37-19-25/h7-19,26,32H,6,20-21H2,1-5H3,(H,38,43)/t26-,32+/m1/s1. The van der Waals surface area contributed by atoms with Crippen molar-refractivity contribution < 1.29 is 17.9 Å². The summed E-state index contributed by atoms with van der Waals surface area (Å²) in [6, 6.07) is 19.8. The Morgan fingerprint density at radius 3 is 2.66 bits per heavy atom. The van der Waals surface area contributed by atoms with Crippen LogP contribution in [0.15, 0.2) is 84.0 Å². The van der Waals surface area contributed by atoms with Crippen molar-refractivity contribution in [3.05, 3.63) is 106 Å². The van der Waals surface area contributed by atoms with Gasteiger partial charge in [-0.15, -0.1) is 5.10 Å². The highest BCUT2D eigenvalue weighted by Crippen LogP contribution is 2.45. The molecule has 5 aromatic rings. The van der Waals surface area contributed by atoms with Crippen molar-refractivity contribution in [1.29, 1.82) is 0 Å². The van der Waals surface area contributed by atoms with E-state index < -0.39 is 21.4 Å². The van der Waals surface area contributed by atoms with Crippen molar-refractivity contribution in [3.63, 3.8) is 0 Å². The van der Waals surface area contributed by atoms with Crippen molar-refractivity contribution in [2.24, 2.45) is 12.5 Å². The Hall–Kier alpha value is -4.32. The third-order valence-electron chi connectivity index (χ3n) is 8.99. The van der Waals surface area contributed by atoms with E-state index in [1.54, 1.807) is 59.5 Å². The summed E-state index contributed by atoms with van der Waals surface area (Å²) in [5.41, 5.74) is 4.41. The van der Waals surface area contributed by atoms with Gasteiger partial charge in [0, 0.05) is 30.7 Å². The van der Waals surface area contributed by atoms with Crippen molar-refractivity contribution in [2.75, 3.05) is 11.9 Å². The zero-order chi connectivity index (χ0) is 33.5. The normalized spacial score (nSPS) is 17.0. The van der Waals surface area contributed by atoms with Crippen LogP contribution in [0.5, 0.6) is 5.75 Å². The van der Waals surface area contributed by atoms with Crippen LogP contribution in [0.3, 0.4) is 0 Å². The third-order valence-corrected chi connectivity index (χ3v) is 11.2. The number of carbonyl (C=O) groups excluding carboxylic acids is 1. The molecule has 0 fully saturated rings. The number of anilines is 1. The summed E-state index contributed by atoms with van der Waals surface area (Å²) in [6.45, 7) is 7.95. The van der Waals surface area contributed by atoms with Crippen LogP contribution in [0.2, 0.25) is 5.02 Å². The van der Waals surface area contributed by atoms with Gasteiger partial charge in [0.1, 0.15) is 22.3 Å². The first-order chi connectivity index (χ1) is 22.4. The first-order valence-electron chi connectivity index (χ1n) is 15.5. The van der Waals surface area contributed by atoms with E-state index >= 15 is 0 Å². The lowest BCUT2D eigenvalue weighted by Crippen LogP contribution is -2.38. The summed E-state index contributed by atoms with van der Waals surface area (Å²) in [5, 5.41) is 12.1. The minimum atomic E-state index is -3.91. The van der Waals surface area contributed by atoms with Gasteiger partial charge in [0.15, 0.2) is 0 Å². The number of sulfonamides is 1. The molecule has 0 bridgehead atoms. The molecule has 2 aromatic heterocycles. The van der Waals surface area contributed by atoms with Crippen LogP contribution < -0.4 is 10.1 Å². The molecule has 0 aliphatic carbocycles. The smallest absolute Gasteiger partial charge is 0.247 e. The number of aryl methyl sites for hydroxylation is 2. The number of nitrogens with one attached hydrogen (secondary N) is 1. The van der Waals surface area contributed by atoms with Crippen LogP contribution in [0.1, 0.15) is 55.4 Å². The van der Waals surface area contributed by atoms with Gasteiger partial charge in [0.2, 0.25) is 15.9 Å². The van der Waals surface area contributed by atoms with Crippen LogP contribution in [0, 0.1) is 12.3 Å². The molecular formula is C35H37ClN6O4S. The number of hydrogen-bond donors (Lipinski definition) is 1. The number of amides is 1. The molecular weight excluding hydrogens is 636 g/mol. The third kappa shape index (κ3) is 6.10. The van der Waals surface area contributed by atoms with E-state index in [2.05, 4.69) is 20.6 Å². The van der Waals surface area contributed by atoms with Crippen LogP contribution in [0.25, 0.3) is 11.0 Å². The topological polar surface area (TPSA) is 119 Å². The molecule has 0 saturated carbocycles. The maximum Gasteiger partial charge on any atom is 0.247 e. The molecule has 6 rings (SSSR count). The minimum absolute atomic E-state index is 0.0282. The number of pyridine rings is 1. The summed E-state index contributed by atoms with van der Waals surface area (Å²) < 4.78 is 37.2. The lowest BCUT2D eigenvalue weighted by atomic mass is 9.69. The average molecular weight is 673 g/mol. The molecule has 0 saturated heterocycles. The van der Waals surface area contributed by atoms with Crippen molar-refractivity contribution >= 4 is 44.3 Å². The Labute approximate surface area is 279 Å². The van der Waals surface area contributed by atoms with E-state index in [9.17, 15) is 13.2 Å². The number of aromatic nitrogens is 4. The van der Waals surface area contributed by atoms with E-state index in [1.807, 2.05) is 59.0 Å². The number of para-hydroxylation sites is 1. The maximum absolute atomic E-state index is 14.1. The van der Waals surface area contributed by atoms with E-state index in [-0.39, 0.29) is 30.0 Å². The molecule has 244 valence electrons. The SMILES string of the molecule is CC[C@@H]1CN(Cc2cc([C@@H](c3ccc4c(nnn4C)c3C)C(C)(C)C(=O)Nc3cccnc3)ccc2Cl)S(=O)(=O)c2ccccc2O1. The molecule has 1 amide bonds. The van der Waals surface area contributed by atoms with Crippen LogP contribution in [0.4, 0.5) is 5.69 Å². The fraction of sp³-hybridized carbons (Fsp3) is 0.314. The Kier molecular flexibility index (Phi) is 8.82. The maximum atomic E-state index is 14.1. The Bertz CT molecular complexity index is 2070. The van der Waals surface area contributed by atoms with E-state index in [0.717, 1.165) is 27.7 Å². The number of hydrogen-bond acceptors (Lipinski definition) is 7. The number of benzene rings is 3. The number of carbonyl (C=O) groups is 1. The highest BCUT2D eigenvalue weighted by Gasteiger charge is 2.41. The van der Waals surface area contributed by atoms with Crippen LogP contribution >= 0.6 is 11.6 Å². The van der Waals surface area contributed by atoms with Crippen molar-refractivity contribution in [3.8, 4) is 5.75 Å². The quantitative estimate of drug-likeness (QED) is 0.200. The lowest BCUT2D eigenvalue weighted by molar-refractivity contribution is -0.124. The summed E-state index contributed by atoms with van der Waals surface area (Å²) in [7, 11) is -2.07. The Morgan fingerprint density at radius 1 is 1.13 bits per heavy atom. The van der Waals surface area contributed by atoms with Gasteiger partial charge in [-0.1, -0.05) is 67.9 Å². The zero-order valence-electron chi connectivity index (χ0n) is 26.9. The van der Waals surface area contributed by atoms with E-state index in [0.29, 0.717) is 28.4 Å². The molecule has 10 nitrogen and oxygen atoms in total. The van der Waals surface area contributed by atoms with Gasteiger partial charge in [-0.3, -0.25) is 9.78 Å². The summed E-state index contributed by atoms with van der Waals surface area (Å²) in [5.74, 6) is -0.340. The van der Waals surface area contributed by atoms with Crippen molar-refractivity contribution in [1.82, 2.24) is 24.3 Å². The highest BCUT2D eigenvalue weighted by molar-refractivity contribution is 7.89. The van der Waals surface area contributed by atoms with Gasteiger partial charge in [-0.2, -0.15) is 4.31 Å². The molecule has 1 N–H and O–H groups in total. The van der Waals surface area contributed by atoms with Gasteiger partial charge in [-0.25, -0.2) is 13.1 Å². The Morgan fingerprint density at radius 2 is 1.91 bits per heavy atom. The minimum Gasteiger partial charge on any atom is -0.488 e. The second kappa shape index (κ2) is 12.7. The Balaban J connectivity index is 1.45.